The molecule has 0 unspecified atom stereocenters. The third-order valence-electron chi connectivity index (χ3n) is 6.14. The molecule has 2 fully saturated rings. The Kier molecular flexibility index (Phi) is 5.82. The molecule has 0 radical (unpaired) electrons. The van der Waals surface area contributed by atoms with Crippen LogP contribution in [0.25, 0.3) is 22.0 Å². The molecular formula is C23H21F2N3O6S. The zero-order valence-corrected chi connectivity index (χ0v) is 19.1. The van der Waals surface area contributed by atoms with Crippen molar-refractivity contribution in [3.8, 4) is 11.1 Å². The van der Waals surface area contributed by atoms with Crippen LogP contribution in [0.5, 0.6) is 0 Å². The van der Waals surface area contributed by atoms with E-state index in [1.54, 1.807) is 0 Å². The Morgan fingerprint density at radius 3 is 2.40 bits per heavy atom. The van der Waals surface area contributed by atoms with Crippen LogP contribution in [0.15, 0.2) is 47.4 Å². The number of aromatic nitrogens is 1. The highest BCUT2D eigenvalue weighted by Crippen LogP contribution is 2.41. The van der Waals surface area contributed by atoms with E-state index in [0.717, 1.165) is 12.3 Å². The number of benzene rings is 2. The average Bonchev–Trinajstić information content (AvgIpc) is 3.56. The molecule has 0 amide bonds. The summed E-state index contributed by atoms with van der Waals surface area (Å²) in [6.45, 7) is 1.09. The molecular weight excluding hydrogens is 484 g/mol. The van der Waals surface area contributed by atoms with Crippen LogP contribution < -0.4 is 10.2 Å². The second-order valence-corrected chi connectivity index (χ2v) is 10.1. The van der Waals surface area contributed by atoms with Gasteiger partial charge < -0.3 is 14.4 Å². The maximum absolute atomic E-state index is 15.1. The lowest BCUT2D eigenvalue weighted by Crippen LogP contribution is -2.43. The third-order valence-corrected chi connectivity index (χ3v) is 7.68. The van der Waals surface area contributed by atoms with Crippen LogP contribution in [0.1, 0.15) is 22.8 Å². The van der Waals surface area contributed by atoms with Crippen molar-refractivity contribution in [2.45, 2.75) is 18.6 Å². The molecule has 1 aromatic heterocycles. The number of hydrogen-bond acceptors (Lipinski definition) is 5. The van der Waals surface area contributed by atoms with E-state index >= 15 is 4.39 Å². The van der Waals surface area contributed by atoms with Gasteiger partial charge in [-0.05, 0) is 29.8 Å². The third kappa shape index (κ3) is 4.40. The van der Waals surface area contributed by atoms with E-state index < -0.39 is 45.2 Å². The summed E-state index contributed by atoms with van der Waals surface area (Å²) < 4.78 is 64.3. The van der Waals surface area contributed by atoms with E-state index in [2.05, 4.69) is 4.72 Å². The number of morpholine rings is 1. The summed E-state index contributed by atoms with van der Waals surface area (Å²) in [6, 6.07) is 7.71. The monoisotopic (exact) mass is 505 g/mol. The summed E-state index contributed by atoms with van der Waals surface area (Å²) in [5.41, 5.74) is -0.403. The highest BCUT2D eigenvalue weighted by molar-refractivity contribution is 7.90. The number of aromatic carboxylic acids is 1. The van der Waals surface area contributed by atoms with E-state index in [9.17, 15) is 27.5 Å². The summed E-state index contributed by atoms with van der Waals surface area (Å²) in [6.07, 6.45) is 0.0825. The molecule has 1 aliphatic heterocycles. The van der Waals surface area contributed by atoms with Gasteiger partial charge in [-0.25, -0.2) is 13.6 Å². The maximum atomic E-state index is 15.1. The van der Waals surface area contributed by atoms with Crippen LogP contribution in [0.2, 0.25) is 0 Å². The zero-order valence-electron chi connectivity index (χ0n) is 18.3. The van der Waals surface area contributed by atoms with Gasteiger partial charge in [0, 0.05) is 42.3 Å². The number of fused-ring (bicyclic) bond motifs is 1. The van der Waals surface area contributed by atoms with E-state index in [4.69, 9.17) is 4.74 Å². The number of alkyl halides is 1. The van der Waals surface area contributed by atoms with Crippen LogP contribution in [-0.2, 0) is 14.9 Å². The Morgan fingerprint density at radius 1 is 1.14 bits per heavy atom. The lowest BCUT2D eigenvalue weighted by atomic mass is 10.0. The van der Waals surface area contributed by atoms with Crippen molar-refractivity contribution in [1.82, 2.24) is 8.87 Å². The summed E-state index contributed by atoms with van der Waals surface area (Å²) in [4.78, 5) is 24.1. The van der Waals surface area contributed by atoms with Crippen molar-refractivity contribution in [2.24, 2.45) is 0 Å². The predicted octanol–water partition coefficient (Wildman–Crippen LogP) is 2.78. The SMILES string of the molecule is O=C(O)c1cn([C@@H]2C[C@@H]2F)c2cc(-c3ccc(NS(=O)(=O)N4CCOCC4)cc3)c(F)cc2c1=O. The zero-order chi connectivity index (χ0) is 24.9. The second kappa shape index (κ2) is 8.70. The van der Waals surface area contributed by atoms with Crippen molar-refractivity contribution in [3.63, 3.8) is 0 Å². The first-order valence-corrected chi connectivity index (χ1v) is 12.3. The number of anilines is 1. The first kappa shape index (κ1) is 23.4. The minimum Gasteiger partial charge on any atom is -0.477 e. The summed E-state index contributed by atoms with van der Waals surface area (Å²) >= 11 is 0. The Morgan fingerprint density at radius 2 is 1.80 bits per heavy atom. The molecule has 2 aliphatic rings. The van der Waals surface area contributed by atoms with Crippen LogP contribution in [-0.4, -0.2) is 60.8 Å². The van der Waals surface area contributed by atoms with Gasteiger partial charge in [0.05, 0.1) is 24.8 Å². The molecule has 1 saturated heterocycles. The molecule has 12 heteroatoms. The number of hydrogen-bond donors (Lipinski definition) is 2. The fourth-order valence-corrected chi connectivity index (χ4v) is 5.37. The molecule has 2 aromatic carbocycles. The van der Waals surface area contributed by atoms with Crippen molar-refractivity contribution in [1.29, 1.82) is 0 Å². The van der Waals surface area contributed by atoms with Crippen molar-refractivity contribution >= 4 is 32.8 Å². The summed E-state index contributed by atoms with van der Waals surface area (Å²) in [7, 11) is -3.77. The minimum absolute atomic E-state index is 0.104. The van der Waals surface area contributed by atoms with Crippen molar-refractivity contribution < 1.29 is 31.8 Å². The molecule has 3 aromatic rings. The fraction of sp³-hybridized carbons (Fsp3) is 0.304. The molecule has 0 spiro atoms. The number of carboxylic acid groups (broad SMARTS) is 1. The maximum Gasteiger partial charge on any atom is 0.341 e. The number of carbonyl (C=O) groups is 1. The Hall–Kier alpha value is -3.35. The van der Waals surface area contributed by atoms with Gasteiger partial charge in [-0.15, -0.1) is 0 Å². The largest absolute Gasteiger partial charge is 0.477 e. The first-order valence-electron chi connectivity index (χ1n) is 10.9. The van der Waals surface area contributed by atoms with Gasteiger partial charge in [0.25, 0.3) is 0 Å². The lowest BCUT2D eigenvalue weighted by molar-refractivity contribution is 0.0694. The quantitative estimate of drug-likeness (QED) is 0.532. The molecule has 2 N–H and O–H groups in total. The number of pyridine rings is 1. The molecule has 2 heterocycles. The Bertz CT molecular complexity index is 1480. The molecule has 9 nitrogen and oxygen atoms in total. The van der Waals surface area contributed by atoms with Gasteiger partial charge in [-0.1, -0.05) is 12.1 Å². The number of carboxylic acids is 1. The number of nitrogens with one attached hydrogen (secondary N) is 1. The Balaban J connectivity index is 1.51. The predicted molar refractivity (Wildman–Crippen MR) is 124 cm³/mol. The van der Waals surface area contributed by atoms with Gasteiger partial charge in [0.2, 0.25) is 5.43 Å². The van der Waals surface area contributed by atoms with Crippen LogP contribution >= 0.6 is 0 Å². The van der Waals surface area contributed by atoms with E-state index in [1.165, 1.54) is 39.2 Å². The van der Waals surface area contributed by atoms with Crippen LogP contribution in [0.4, 0.5) is 14.5 Å². The summed E-state index contributed by atoms with van der Waals surface area (Å²) in [5, 5.41) is 9.20. The average molecular weight is 505 g/mol. The first-order chi connectivity index (χ1) is 16.7. The minimum atomic E-state index is -3.77. The second-order valence-electron chi connectivity index (χ2n) is 8.45. The molecule has 0 bridgehead atoms. The molecule has 5 rings (SSSR count). The normalized spacial score (nSPS) is 20.6. The highest BCUT2D eigenvalue weighted by atomic mass is 32.2. The van der Waals surface area contributed by atoms with Gasteiger partial charge in [-0.3, -0.25) is 9.52 Å². The van der Waals surface area contributed by atoms with Crippen molar-refractivity contribution in [2.75, 3.05) is 31.0 Å². The smallest absolute Gasteiger partial charge is 0.341 e. The standard InChI is InChI=1S/C23H21F2N3O6S/c24-18-9-16-20(28(21-11-19(21)25)12-17(22(16)29)23(30)31)10-15(18)13-1-3-14(4-2-13)26-35(32,33)27-5-7-34-8-6-27/h1-4,9-10,12,19,21,26H,5-8,11H2,(H,30,31)/t19-,21+/m0/s1. The molecule has 35 heavy (non-hydrogen) atoms. The van der Waals surface area contributed by atoms with Crippen molar-refractivity contribution in [3.05, 3.63) is 64.2 Å². The molecule has 184 valence electrons. The Labute approximate surface area is 198 Å². The molecule has 2 atom stereocenters. The number of nitrogens with zero attached hydrogens (tertiary/aromatic N) is 2. The van der Waals surface area contributed by atoms with E-state index in [1.807, 2.05) is 0 Å². The van der Waals surface area contributed by atoms with E-state index in [-0.39, 0.29) is 41.7 Å². The van der Waals surface area contributed by atoms with Gasteiger partial charge >= 0.3 is 16.2 Å². The molecule has 1 saturated carbocycles. The number of halogens is 2. The number of ether oxygens (including phenoxy) is 1. The van der Waals surface area contributed by atoms with Crippen LogP contribution in [0, 0.1) is 5.82 Å². The van der Waals surface area contributed by atoms with Gasteiger partial charge in [0.15, 0.2) is 0 Å². The summed E-state index contributed by atoms with van der Waals surface area (Å²) in [5.74, 6) is -2.24. The number of rotatable bonds is 6. The topological polar surface area (TPSA) is 118 Å². The van der Waals surface area contributed by atoms with E-state index in [0.29, 0.717) is 18.8 Å². The van der Waals surface area contributed by atoms with Gasteiger partial charge in [-0.2, -0.15) is 12.7 Å². The lowest BCUT2D eigenvalue weighted by Gasteiger charge is -2.26. The van der Waals surface area contributed by atoms with Crippen LogP contribution in [0.3, 0.4) is 0 Å². The van der Waals surface area contributed by atoms with Gasteiger partial charge in [0.1, 0.15) is 17.6 Å². The molecule has 1 aliphatic carbocycles. The fourth-order valence-electron chi connectivity index (χ4n) is 4.18. The highest BCUT2D eigenvalue weighted by Gasteiger charge is 2.40.